The van der Waals surface area contributed by atoms with Crippen LogP contribution in [0.5, 0.6) is 5.75 Å². The predicted octanol–water partition coefficient (Wildman–Crippen LogP) is 4.90. The van der Waals surface area contributed by atoms with E-state index in [-0.39, 0.29) is 5.91 Å². The van der Waals surface area contributed by atoms with Gasteiger partial charge in [-0.15, -0.1) is 0 Å². The minimum atomic E-state index is -0.368. The van der Waals surface area contributed by atoms with Crippen molar-refractivity contribution in [3.05, 3.63) is 108 Å². The number of amides is 1. The lowest BCUT2D eigenvalue weighted by Crippen LogP contribution is -2.17. The van der Waals surface area contributed by atoms with Crippen LogP contribution in [0.25, 0.3) is 22.2 Å². The number of hydrogen-bond donors (Lipinski definition) is 3. The summed E-state index contributed by atoms with van der Waals surface area (Å²) in [6.45, 7) is 0.506. The van der Waals surface area contributed by atoms with Crippen molar-refractivity contribution in [2.45, 2.75) is 6.61 Å². The van der Waals surface area contributed by atoms with Crippen molar-refractivity contribution in [2.75, 3.05) is 0 Å². The third-order valence-electron chi connectivity index (χ3n) is 5.21. The number of fused-ring (bicyclic) bond motifs is 1. The molecule has 3 N–H and O–H groups in total. The van der Waals surface area contributed by atoms with Gasteiger partial charge in [0.1, 0.15) is 18.1 Å². The van der Waals surface area contributed by atoms with Crippen molar-refractivity contribution in [1.82, 2.24) is 20.6 Å². The fourth-order valence-corrected chi connectivity index (χ4v) is 3.47. The minimum absolute atomic E-state index is 0.325. The Morgan fingerprint density at radius 2 is 1.79 bits per heavy atom. The second kappa shape index (κ2) is 9.23. The zero-order valence-corrected chi connectivity index (χ0v) is 17.7. The number of hydrogen-bond acceptors (Lipinski definition) is 4. The predicted molar refractivity (Wildman–Crippen MR) is 128 cm³/mol. The molecule has 0 spiro atoms. The smallest absolute Gasteiger partial charge is 0.289 e. The summed E-state index contributed by atoms with van der Waals surface area (Å²) in [4.78, 5) is 15.6. The molecule has 0 aliphatic heterocycles. The maximum absolute atomic E-state index is 12.4. The summed E-state index contributed by atoms with van der Waals surface area (Å²) < 4.78 is 5.82. The third-order valence-corrected chi connectivity index (χ3v) is 5.21. The Balaban J connectivity index is 1.20. The molecule has 7 nitrogen and oxygen atoms in total. The molecule has 3 aromatic carbocycles. The van der Waals surface area contributed by atoms with Gasteiger partial charge in [0, 0.05) is 28.2 Å². The van der Waals surface area contributed by atoms with E-state index in [4.69, 9.17) is 4.74 Å². The normalized spacial score (nSPS) is 11.2. The van der Waals surface area contributed by atoms with Gasteiger partial charge in [-0.25, -0.2) is 5.43 Å². The Hall–Kier alpha value is -4.65. The standard InChI is InChI=1S/C26H21N5O2/c32-26(31-28-16-20-15-27-23-9-5-4-8-22(20)23)25-14-24(29-30-25)19-10-12-21(13-11-19)33-17-18-6-2-1-3-7-18/h1-16,27H,17H2,(H,29,30)(H,31,32)/b28-16-. The summed E-state index contributed by atoms with van der Waals surface area (Å²) in [6, 6.07) is 27.2. The summed E-state index contributed by atoms with van der Waals surface area (Å²) in [5.74, 6) is 0.398. The van der Waals surface area contributed by atoms with E-state index in [9.17, 15) is 4.79 Å². The molecule has 0 aliphatic carbocycles. The van der Waals surface area contributed by atoms with Gasteiger partial charge in [0.15, 0.2) is 0 Å². The fourth-order valence-electron chi connectivity index (χ4n) is 3.47. The molecule has 0 saturated heterocycles. The van der Waals surface area contributed by atoms with Gasteiger partial charge in [-0.3, -0.25) is 9.89 Å². The molecule has 0 atom stereocenters. The minimum Gasteiger partial charge on any atom is -0.489 e. The Bertz CT molecular complexity index is 1400. The molecule has 33 heavy (non-hydrogen) atoms. The van der Waals surface area contributed by atoms with Crippen LogP contribution in [0.15, 0.2) is 96.2 Å². The average molecular weight is 435 g/mol. The van der Waals surface area contributed by atoms with Gasteiger partial charge < -0.3 is 9.72 Å². The first-order chi connectivity index (χ1) is 16.3. The molecule has 0 aliphatic rings. The summed E-state index contributed by atoms with van der Waals surface area (Å²) >= 11 is 0. The van der Waals surface area contributed by atoms with E-state index in [1.54, 1.807) is 12.3 Å². The third kappa shape index (κ3) is 4.67. The molecule has 5 rings (SSSR count). The summed E-state index contributed by atoms with van der Waals surface area (Å²) in [7, 11) is 0. The van der Waals surface area contributed by atoms with Crippen LogP contribution in [0.1, 0.15) is 21.6 Å². The van der Waals surface area contributed by atoms with Crippen LogP contribution in [0.2, 0.25) is 0 Å². The van der Waals surface area contributed by atoms with Crippen molar-refractivity contribution in [2.24, 2.45) is 5.10 Å². The number of carbonyl (C=O) groups is 1. The molecule has 1 amide bonds. The first-order valence-corrected chi connectivity index (χ1v) is 10.5. The number of ether oxygens (including phenoxy) is 1. The van der Waals surface area contributed by atoms with Crippen molar-refractivity contribution in [3.8, 4) is 17.0 Å². The zero-order valence-electron chi connectivity index (χ0n) is 17.7. The van der Waals surface area contributed by atoms with Crippen LogP contribution < -0.4 is 10.2 Å². The van der Waals surface area contributed by atoms with E-state index in [2.05, 4.69) is 25.7 Å². The van der Waals surface area contributed by atoms with Crippen LogP contribution in [-0.4, -0.2) is 27.3 Å². The van der Waals surface area contributed by atoms with Gasteiger partial charge in [-0.05, 0) is 42.0 Å². The highest BCUT2D eigenvalue weighted by atomic mass is 16.5. The van der Waals surface area contributed by atoms with Crippen LogP contribution in [-0.2, 0) is 6.61 Å². The molecule has 2 heterocycles. The number of benzene rings is 3. The SMILES string of the molecule is O=C(N/N=C\c1c[nH]c2ccccc12)c1cc(-c2ccc(OCc3ccccc3)cc2)n[nH]1. The summed E-state index contributed by atoms with van der Waals surface area (Å²) in [5, 5.41) is 12.1. The quantitative estimate of drug-likeness (QED) is 0.251. The number of aromatic nitrogens is 3. The first kappa shape index (κ1) is 20.3. The van der Waals surface area contributed by atoms with Gasteiger partial charge >= 0.3 is 0 Å². The van der Waals surface area contributed by atoms with E-state index in [0.717, 1.165) is 33.3 Å². The van der Waals surface area contributed by atoms with E-state index in [1.807, 2.05) is 85.1 Å². The molecule has 0 bridgehead atoms. The Morgan fingerprint density at radius 3 is 2.64 bits per heavy atom. The summed E-state index contributed by atoms with van der Waals surface area (Å²) in [5.41, 5.74) is 7.41. The van der Waals surface area contributed by atoms with Crippen LogP contribution in [0, 0.1) is 0 Å². The van der Waals surface area contributed by atoms with E-state index < -0.39 is 0 Å². The monoisotopic (exact) mass is 435 g/mol. The highest BCUT2D eigenvalue weighted by Gasteiger charge is 2.11. The lowest BCUT2D eigenvalue weighted by Gasteiger charge is -2.06. The lowest BCUT2D eigenvalue weighted by molar-refractivity contribution is 0.0950. The van der Waals surface area contributed by atoms with Crippen molar-refractivity contribution in [3.63, 3.8) is 0 Å². The van der Waals surface area contributed by atoms with Gasteiger partial charge in [0.25, 0.3) is 5.91 Å². The van der Waals surface area contributed by atoms with Gasteiger partial charge in [0.05, 0.1) is 11.9 Å². The van der Waals surface area contributed by atoms with Crippen LogP contribution in [0.4, 0.5) is 0 Å². The lowest BCUT2D eigenvalue weighted by atomic mass is 10.1. The van der Waals surface area contributed by atoms with Gasteiger partial charge in [0.2, 0.25) is 0 Å². The molecule has 7 heteroatoms. The average Bonchev–Trinajstić information content (AvgIpc) is 3.52. The molecule has 0 saturated carbocycles. The number of nitrogens with zero attached hydrogens (tertiary/aromatic N) is 2. The second-order valence-electron chi connectivity index (χ2n) is 7.45. The zero-order chi connectivity index (χ0) is 22.5. The van der Waals surface area contributed by atoms with Gasteiger partial charge in [-0.2, -0.15) is 10.2 Å². The first-order valence-electron chi connectivity index (χ1n) is 10.5. The molecular formula is C26H21N5O2. The number of hydrazone groups is 1. The number of H-pyrrole nitrogens is 2. The topological polar surface area (TPSA) is 95.2 Å². The maximum Gasteiger partial charge on any atom is 0.289 e. The molecule has 0 fully saturated rings. The Morgan fingerprint density at radius 1 is 1.00 bits per heavy atom. The second-order valence-corrected chi connectivity index (χ2v) is 7.45. The van der Waals surface area contributed by atoms with E-state index in [1.165, 1.54) is 0 Å². The van der Waals surface area contributed by atoms with Crippen molar-refractivity contribution < 1.29 is 9.53 Å². The Kier molecular flexibility index (Phi) is 5.67. The highest BCUT2D eigenvalue weighted by Crippen LogP contribution is 2.22. The molecule has 162 valence electrons. The number of nitrogens with one attached hydrogen (secondary N) is 3. The maximum atomic E-state index is 12.4. The molecule has 5 aromatic rings. The molecule has 0 unspecified atom stereocenters. The summed E-state index contributed by atoms with van der Waals surface area (Å²) in [6.07, 6.45) is 3.46. The highest BCUT2D eigenvalue weighted by molar-refractivity contribution is 6.00. The Labute approximate surface area is 190 Å². The van der Waals surface area contributed by atoms with Crippen molar-refractivity contribution in [1.29, 1.82) is 0 Å². The number of rotatable bonds is 7. The van der Waals surface area contributed by atoms with Crippen LogP contribution in [0.3, 0.4) is 0 Å². The largest absolute Gasteiger partial charge is 0.489 e. The number of carbonyl (C=O) groups excluding carboxylic acids is 1. The van der Waals surface area contributed by atoms with Crippen molar-refractivity contribution >= 4 is 23.0 Å². The molecule has 0 radical (unpaired) electrons. The van der Waals surface area contributed by atoms with E-state index >= 15 is 0 Å². The van der Waals surface area contributed by atoms with Gasteiger partial charge in [-0.1, -0.05) is 48.5 Å². The number of para-hydroxylation sites is 1. The van der Waals surface area contributed by atoms with E-state index in [0.29, 0.717) is 18.0 Å². The molecule has 2 aromatic heterocycles. The fraction of sp³-hybridized carbons (Fsp3) is 0.0385. The van der Waals surface area contributed by atoms with Crippen LogP contribution >= 0.6 is 0 Å². The molecular weight excluding hydrogens is 414 g/mol. The number of aromatic amines is 2.